The molecule has 3 aromatic rings. The first-order valence-electron chi connectivity index (χ1n) is 8.34. The number of sulfonamides is 1. The summed E-state index contributed by atoms with van der Waals surface area (Å²) in [6.45, 7) is 1.77. The predicted octanol–water partition coefficient (Wildman–Crippen LogP) is 5.98. The molecule has 0 saturated heterocycles. The predicted molar refractivity (Wildman–Crippen MR) is 122 cm³/mol. The summed E-state index contributed by atoms with van der Waals surface area (Å²) in [6, 6.07) is 15.1. The number of carbonyl (C=O) groups excluding carboxylic acids is 1. The fraction of sp³-hybridized carbons (Fsp3) is 0.105. The lowest BCUT2D eigenvalue weighted by Crippen LogP contribution is -2.22. The second-order valence-electron chi connectivity index (χ2n) is 5.91. The Labute approximate surface area is 187 Å². The highest BCUT2D eigenvalue weighted by molar-refractivity contribution is 8.00. The van der Waals surface area contributed by atoms with Crippen LogP contribution in [0.2, 0.25) is 10.0 Å². The zero-order valence-electron chi connectivity index (χ0n) is 15.1. The molecule has 1 atom stereocenters. The number of nitrogens with one attached hydrogen (secondary N) is 2. The summed E-state index contributed by atoms with van der Waals surface area (Å²) in [6.07, 6.45) is 0. The van der Waals surface area contributed by atoms with Crippen LogP contribution in [0.25, 0.3) is 0 Å². The van der Waals surface area contributed by atoms with Crippen molar-refractivity contribution in [1.29, 1.82) is 0 Å². The van der Waals surface area contributed by atoms with Gasteiger partial charge in [-0.15, -0.1) is 23.1 Å². The van der Waals surface area contributed by atoms with Crippen molar-refractivity contribution in [2.24, 2.45) is 0 Å². The van der Waals surface area contributed by atoms with E-state index in [4.69, 9.17) is 23.2 Å². The lowest BCUT2D eigenvalue weighted by molar-refractivity contribution is -0.115. The van der Waals surface area contributed by atoms with Crippen LogP contribution in [-0.4, -0.2) is 19.6 Å². The normalized spacial score (nSPS) is 12.4. The maximum absolute atomic E-state index is 12.4. The van der Waals surface area contributed by atoms with Crippen LogP contribution in [0.1, 0.15) is 6.92 Å². The van der Waals surface area contributed by atoms with Gasteiger partial charge < -0.3 is 5.32 Å². The van der Waals surface area contributed by atoms with Crippen LogP contribution in [-0.2, 0) is 14.8 Å². The Bertz CT molecular complexity index is 1100. The number of amides is 1. The van der Waals surface area contributed by atoms with E-state index in [0.717, 1.165) is 16.2 Å². The van der Waals surface area contributed by atoms with E-state index >= 15 is 0 Å². The second kappa shape index (κ2) is 9.40. The van der Waals surface area contributed by atoms with Gasteiger partial charge >= 0.3 is 0 Å². The summed E-state index contributed by atoms with van der Waals surface area (Å²) in [5.74, 6) is -0.221. The molecule has 1 amide bonds. The van der Waals surface area contributed by atoms with Gasteiger partial charge in [-0.25, -0.2) is 8.42 Å². The molecule has 2 N–H and O–H groups in total. The minimum absolute atomic E-state index is 0.221. The van der Waals surface area contributed by atoms with Crippen molar-refractivity contribution in [3.05, 3.63) is 70.0 Å². The number of hydrogen-bond acceptors (Lipinski definition) is 5. The second-order valence-corrected chi connectivity index (χ2v) is 11.0. The molecule has 0 bridgehead atoms. The molecule has 152 valence electrons. The number of rotatable bonds is 7. The number of anilines is 2. The van der Waals surface area contributed by atoms with Crippen molar-refractivity contribution in [3.8, 4) is 0 Å². The van der Waals surface area contributed by atoms with Crippen molar-refractivity contribution in [3.63, 3.8) is 0 Å². The quantitative estimate of drug-likeness (QED) is 0.403. The molecule has 0 saturated carbocycles. The largest absolute Gasteiger partial charge is 0.324 e. The van der Waals surface area contributed by atoms with Gasteiger partial charge in [0, 0.05) is 10.6 Å². The molecule has 10 heteroatoms. The van der Waals surface area contributed by atoms with E-state index in [1.54, 1.807) is 66.9 Å². The van der Waals surface area contributed by atoms with E-state index < -0.39 is 15.3 Å². The van der Waals surface area contributed by atoms with Gasteiger partial charge in [-0.3, -0.25) is 9.52 Å². The van der Waals surface area contributed by atoms with Crippen molar-refractivity contribution >= 4 is 73.6 Å². The maximum Gasteiger partial charge on any atom is 0.271 e. The molecule has 3 rings (SSSR count). The van der Waals surface area contributed by atoms with Crippen LogP contribution >= 0.6 is 46.3 Å². The molecule has 5 nitrogen and oxygen atoms in total. The number of hydrogen-bond donors (Lipinski definition) is 2. The summed E-state index contributed by atoms with van der Waals surface area (Å²) in [4.78, 5) is 13.3. The molecule has 29 heavy (non-hydrogen) atoms. The van der Waals surface area contributed by atoms with E-state index in [9.17, 15) is 13.2 Å². The molecule has 0 aliphatic carbocycles. The van der Waals surface area contributed by atoms with Crippen molar-refractivity contribution in [1.82, 2.24) is 0 Å². The Balaban J connectivity index is 1.61. The first kappa shape index (κ1) is 22.0. The third-order valence-electron chi connectivity index (χ3n) is 3.76. The maximum atomic E-state index is 12.4. The minimum Gasteiger partial charge on any atom is -0.324 e. The smallest absolute Gasteiger partial charge is 0.271 e. The SMILES string of the molecule is CC(Sc1ccc(NS(=O)(=O)c2cccs2)cc1)C(=O)Nc1cccc(Cl)c1Cl. The zero-order valence-corrected chi connectivity index (χ0v) is 19.0. The molecule has 2 aromatic carbocycles. The molecule has 0 fully saturated rings. The number of thiophene rings is 1. The monoisotopic (exact) mass is 486 g/mol. The lowest BCUT2D eigenvalue weighted by Gasteiger charge is -2.14. The van der Waals surface area contributed by atoms with Crippen molar-refractivity contribution < 1.29 is 13.2 Å². The lowest BCUT2D eigenvalue weighted by atomic mass is 10.3. The molecule has 1 unspecified atom stereocenters. The number of thioether (sulfide) groups is 1. The van der Waals surface area contributed by atoms with Gasteiger partial charge in [0.05, 0.1) is 21.0 Å². The summed E-state index contributed by atoms with van der Waals surface area (Å²) in [5.41, 5.74) is 0.903. The van der Waals surface area contributed by atoms with Crippen molar-refractivity contribution in [2.75, 3.05) is 10.0 Å². The Hall–Kier alpha value is -1.71. The molecule has 1 aromatic heterocycles. The first-order chi connectivity index (χ1) is 13.8. The van der Waals surface area contributed by atoms with Crippen LogP contribution in [0.4, 0.5) is 11.4 Å². The minimum atomic E-state index is -3.59. The van der Waals surface area contributed by atoms with E-state index in [1.165, 1.54) is 11.8 Å². The molecule has 0 radical (unpaired) electrons. The number of benzene rings is 2. The topological polar surface area (TPSA) is 75.3 Å². The van der Waals surface area contributed by atoms with Gasteiger partial charge in [-0.1, -0.05) is 35.3 Å². The van der Waals surface area contributed by atoms with E-state index in [0.29, 0.717) is 21.4 Å². The fourth-order valence-electron chi connectivity index (χ4n) is 2.32. The Morgan fingerprint density at radius 3 is 2.45 bits per heavy atom. The van der Waals surface area contributed by atoms with E-state index in [2.05, 4.69) is 10.0 Å². The molecular weight excluding hydrogens is 471 g/mol. The summed E-state index contributed by atoms with van der Waals surface area (Å²) < 4.78 is 27.3. The molecule has 1 heterocycles. The van der Waals surface area contributed by atoms with E-state index in [-0.39, 0.29) is 10.1 Å². The third-order valence-corrected chi connectivity index (χ3v) is 8.47. The molecular formula is C19H16Cl2N2O3S3. The number of carbonyl (C=O) groups is 1. The average molecular weight is 487 g/mol. The Morgan fingerprint density at radius 1 is 1.07 bits per heavy atom. The average Bonchev–Trinajstić information content (AvgIpc) is 3.22. The highest BCUT2D eigenvalue weighted by Gasteiger charge is 2.18. The molecule has 0 spiro atoms. The van der Waals surface area contributed by atoms with Gasteiger partial charge in [-0.2, -0.15) is 0 Å². The van der Waals surface area contributed by atoms with Crippen LogP contribution < -0.4 is 10.0 Å². The van der Waals surface area contributed by atoms with E-state index in [1.807, 2.05) is 0 Å². The summed E-state index contributed by atoms with van der Waals surface area (Å²) in [7, 11) is -3.59. The van der Waals surface area contributed by atoms with Crippen LogP contribution in [0, 0.1) is 0 Å². The first-order valence-corrected chi connectivity index (χ1v) is 12.3. The summed E-state index contributed by atoms with van der Waals surface area (Å²) >= 11 is 14.6. The highest BCUT2D eigenvalue weighted by Crippen LogP contribution is 2.31. The zero-order chi connectivity index (χ0) is 21.0. The highest BCUT2D eigenvalue weighted by atomic mass is 35.5. The van der Waals surface area contributed by atoms with Gasteiger partial charge in [0.15, 0.2) is 0 Å². The van der Waals surface area contributed by atoms with Crippen LogP contribution in [0.15, 0.2) is 69.1 Å². The van der Waals surface area contributed by atoms with Gasteiger partial charge in [-0.05, 0) is 54.8 Å². The molecule has 0 aliphatic heterocycles. The fourth-order valence-corrected chi connectivity index (χ4v) is 5.58. The molecule has 0 aliphatic rings. The van der Waals surface area contributed by atoms with Crippen molar-refractivity contribution in [2.45, 2.75) is 21.3 Å². The van der Waals surface area contributed by atoms with Gasteiger partial charge in [0.2, 0.25) is 5.91 Å². The standard InChI is InChI=1S/C19H16Cl2N2O3S3/c1-12(19(24)22-16-5-2-4-15(20)18(16)21)28-14-9-7-13(8-10-14)23-29(25,26)17-6-3-11-27-17/h2-12,23H,1H3,(H,22,24). The Kier molecular flexibility index (Phi) is 7.13. The third kappa shape index (κ3) is 5.67. The van der Waals surface area contributed by atoms with Crippen LogP contribution in [0.3, 0.4) is 0 Å². The Morgan fingerprint density at radius 2 is 1.79 bits per heavy atom. The van der Waals surface area contributed by atoms with Gasteiger partial charge in [0.25, 0.3) is 10.0 Å². The van der Waals surface area contributed by atoms with Crippen LogP contribution in [0.5, 0.6) is 0 Å². The summed E-state index contributed by atoms with van der Waals surface area (Å²) in [5, 5.41) is 4.72. The number of halogens is 2. The van der Waals surface area contributed by atoms with Gasteiger partial charge in [0.1, 0.15) is 4.21 Å².